The van der Waals surface area contributed by atoms with Crippen LogP contribution in [0.5, 0.6) is 0 Å². The molecular weight excluding hydrogens is 434 g/mol. The van der Waals surface area contributed by atoms with Gasteiger partial charge in [-0.2, -0.15) is 30.6 Å². The van der Waals surface area contributed by atoms with Gasteiger partial charge in [0.2, 0.25) is 10.0 Å². The standard InChI is InChI=1S/C19H18F6N2O2S/c20-18(21,22)15-5-3-4-14(12-15)13-26-8-10-27(11-9-26)30(28,29)17-7-2-1-6-16(17)19(23,24)25/h1-7,12H,8-11,13H2. The SMILES string of the molecule is O=S(=O)(c1ccccc1C(F)(F)F)N1CCN(Cc2cccc(C(F)(F)F)c2)CC1. The van der Waals surface area contributed by atoms with Gasteiger partial charge in [-0.1, -0.05) is 30.3 Å². The van der Waals surface area contributed by atoms with Gasteiger partial charge in [0.15, 0.2) is 0 Å². The highest BCUT2D eigenvalue weighted by atomic mass is 32.2. The van der Waals surface area contributed by atoms with Crippen molar-refractivity contribution in [3.8, 4) is 0 Å². The molecule has 164 valence electrons. The molecular formula is C19H18F6N2O2S. The predicted molar refractivity (Wildman–Crippen MR) is 96.9 cm³/mol. The lowest BCUT2D eigenvalue weighted by Gasteiger charge is -2.34. The molecule has 0 aliphatic carbocycles. The lowest BCUT2D eigenvalue weighted by Crippen LogP contribution is -2.48. The number of hydrogen-bond acceptors (Lipinski definition) is 3. The number of nitrogens with zero attached hydrogens (tertiary/aromatic N) is 2. The third-order valence-corrected chi connectivity index (χ3v) is 6.76. The van der Waals surface area contributed by atoms with Gasteiger partial charge in [-0.05, 0) is 23.8 Å². The Morgan fingerprint density at radius 3 is 2.03 bits per heavy atom. The van der Waals surface area contributed by atoms with E-state index in [1.165, 1.54) is 18.2 Å². The number of hydrogen-bond donors (Lipinski definition) is 0. The summed E-state index contributed by atoms with van der Waals surface area (Å²) in [5.74, 6) is 0. The normalized spacial score (nSPS) is 17.3. The summed E-state index contributed by atoms with van der Waals surface area (Å²) in [6, 6.07) is 8.82. The second-order valence-corrected chi connectivity index (χ2v) is 8.78. The van der Waals surface area contributed by atoms with E-state index < -0.39 is 38.4 Å². The summed E-state index contributed by atoms with van der Waals surface area (Å²) in [6.07, 6.45) is -9.27. The van der Waals surface area contributed by atoms with E-state index in [0.29, 0.717) is 5.56 Å². The Labute approximate surface area is 169 Å². The second-order valence-electron chi connectivity index (χ2n) is 6.87. The van der Waals surface area contributed by atoms with Crippen LogP contribution in [0, 0.1) is 0 Å². The van der Waals surface area contributed by atoms with Gasteiger partial charge in [0.05, 0.1) is 16.0 Å². The molecule has 0 N–H and O–H groups in total. The average Bonchev–Trinajstić information content (AvgIpc) is 2.67. The monoisotopic (exact) mass is 452 g/mol. The van der Waals surface area contributed by atoms with Crippen molar-refractivity contribution in [3.05, 3.63) is 65.2 Å². The minimum atomic E-state index is -4.81. The van der Waals surface area contributed by atoms with Crippen molar-refractivity contribution in [2.45, 2.75) is 23.8 Å². The van der Waals surface area contributed by atoms with Crippen LogP contribution in [0.15, 0.2) is 53.4 Å². The number of benzene rings is 2. The first-order valence-corrected chi connectivity index (χ1v) is 10.4. The molecule has 2 aromatic carbocycles. The molecule has 0 spiro atoms. The van der Waals surface area contributed by atoms with Crippen LogP contribution in [-0.2, 0) is 28.9 Å². The molecule has 0 aromatic heterocycles. The fourth-order valence-corrected chi connectivity index (χ4v) is 4.93. The van der Waals surface area contributed by atoms with Crippen LogP contribution in [0.1, 0.15) is 16.7 Å². The Kier molecular flexibility index (Phi) is 6.17. The Bertz CT molecular complexity index is 997. The van der Waals surface area contributed by atoms with Gasteiger partial charge in [-0.3, -0.25) is 4.90 Å². The number of alkyl halides is 6. The van der Waals surface area contributed by atoms with E-state index in [9.17, 15) is 34.8 Å². The first-order chi connectivity index (χ1) is 13.9. The molecule has 1 aliphatic heterocycles. The molecule has 30 heavy (non-hydrogen) atoms. The molecule has 0 saturated carbocycles. The zero-order valence-corrected chi connectivity index (χ0v) is 16.4. The molecule has 2 aromatic rings. The Morgan fingerprint density at radius 2 is 1.43 bits per heavy atom. The number of rotatable bonds is 4. The third-order valence-electron chi connectivity index (χ3n) is 4.80. The van der Waals surface area contributed by atoms with Crippen LogP contribution in [-0.4, -0.2) is 43.8 Å². The van der Waals surface area contributed by atoms with Crippen LogP contribution < -0.4 is 0 Å². The van der Waals surface area contributed by atoms with E-state index in [2.05, 4.69) is 0 Å². The first-order valence-electron chi connectivity index (χ1n) is 8.94. The zero-order valence-electron chi connectivity index (χ0n) is 15.5. The van der Waals surface area contributed by atoms with E-state index in [4.69, 9.17) is 0 Å². The maximum atomic E-state index is 13.2. The van der Waals surface area contributed by atoms with Crippen molar-refractivity contribution >= 4 is 10.0 Å². The molecule has 1 aliphatic rings. The van der Waals surface area contributed by atoms with Gasteiger partial charge < -0.3 is 0 Å². The summed E-state index contributed by atoms with van der Waals surface area (Å²) < 4.78 is 105. The van der Waals surface area contributed by atoms with Crippen LogP contribution in [0.2, 0.25) is 0 Å². The van der Waals surface area contributed by atoms with Crippen LogP contribution in [0.25, 0.3) is 0 Å². The van der Waals surface area contributed by atoms with Crippen LogP contribution >= 0.6 is 0 Å². The van der Waals surface area contributed by atoms with E-state index in [1.807, 2.05) is 0 Å². The molecule has 0 bridgehead atoms. The fraction of sp³-hybridized carbons (Fsp3) is 0.368. The minimum Gasteiger partial charge on any atom is -0.296 e. The van der Waals surface area contributed by atoms with Crippen molar-refractivity contribution in [2.24, 2.45) is 0 Å². The van der Waals surface area contributed by atoms with E-state index in [-0.39, 0.29) is 32.7 Å². The highest BCUT2D eigenvalue weighted by molar-refractivity contribution is 7.89. The Balaban J connectivity index is 1.71. The molecule has 4 nitrogen and oxygen atoms in total. The molecule has 0 atom stereocenters. The predicted octanol–water partition coefficient (Wildman–Crippen LogP) is 4.23. The molecule has 3 rings (SSSR count). The van der Waals surface area contributed by atoms with Gasteiger partial charge in [0.1, 0.15) is 0 Å². The second kappa shape index (κ2) is 8.20. The van der Waals surface area contributed by atoms with Gasteiger partial charge >= 0.3 is 12.4 Å². The summed E-state index contributed by atoms with van der Waals surface area (Å²) in [4.78, 5) is 0.959. The summed E-state index contributed by atoms with van der Waals surface area (Å²) in [5.41, 5.74) is -1.58. The zero-order chi connectivity index (χ0) is 22.2. The Morgan fingerprint density at radius 1 is 0.800 bits per heavy atom. The molecule has 1 heterocycles. The third kappa shape index (κ3) is 4.96. The van der Waals surface area contributed by atoms with E-state index in [1.54, 1.807) is 4.90 Å². The minimum absolute atomic E-state index is 0.0620. The number of halogens is 6. The van der Waals surface area contributed by atoms with Crippen molar-refractivity contribution in [3.63, 3.8) is 0 Å². The smallest absolute Gasteiger partial charge is 0.296 e. The topological polar surface area (TPSA) is 40.6 Å². The van der Waals surface area contributed by atoms with Crippen LogP contribution in [0.3, 0.4) is 0 Å². The first kappa shape index (κ1) is 22.6. The fourth-order valence-electron chi connectivity index (χ4n) is 3.30. The molecule has 1 fully saturated rings. The highest BCUT2D eigenvalue weighted by Crippen LogP contribution is 2.35. The summed E-state index contributed by atoms with van der Waals surface area (Å²) in [5, 5.41) is 0. The molecule has 0 amide bonds. The summed E-state index contributed by atoms with van der Waals surface area (Å²) in [6.45, 7) is 0.422. The largest absolute Gasteiger partial charge is 0.417 e. The quantitative estimate of drug-likeness (QED) is 0.652. The maximum Gasteiger partial charge on any atom is 0.417 e. The van der Waals surface area contributed by atoms with Crippen molar-refractivity contribution in [1.82, 2.24) is 9.21 Å². The lowest BCUT2D eigenvalue weighted by molar-refractivity contribution is -0.140. The molecule has 0 unspecified atom stereocenters. The van der Waals surface area contributed by atoms with Gasteiger partial charge in [-0.25, -0.2) is 8.42 Å². The average molecular weight is 452 g/mol. The van der Waals surface area contributed by atoms with Gasteiger partial charge in [-0.15, -0.1) is 0 Å². The number of sulfonamides is 1. The molecule has 11 heteroatoms. The van der Waals surface area contributed by atoms with Crippen molar-refractivity contribution in [2.75, 3.05) is 26.2 Å². The maximum absolute atomic E-state index is 13.2. The number of piperazine rings is 1. The van der Waals surface area contributed by atoms with E-state index >= 15 is 0 Å². The Hall–Kier alpha value is -2.11. The lowest BCUT2D eigenvalue weighted by atomic mass is 10.1. The highest BCUT2D eigenvalue weighted by Gasteiger charge is 2.39. The van der Waals surface area contributed by atoms with Gasteiger partial charge in [0, 0.05) is 32.7 Å². The molecule has 0 radical (unpaired) electrons. The van der Waals surface area contributed by atoms with Crippen LogP contribution in [0.4, 0.5) is 26.3 Å². The van der Waals surface area contributed by atoms with Gasteiger partial charge in [0.25, 0.3) is 0 Å². The van der Waals surface area contributed by atoms with Crippen molar-refractivity contribution < 1.29 is 34.8 Å². The van der Waals surface area contributed by atoms with Crippen molar-refractivity contribution in [1.29, 1.82) is 0 Å². The summed E-state index contributed by atoms with van der Waals surface area (Å²) >= 11 is 0. The van der Waals surface area contributed by atoms with E-state index in [0.717, 1.165) is 34.6 Å². The molecule has 1 saturated heterocycles. The summed E-state index contributed by atoms with van der Waals surface area (Å²) in [7, 11) is -4.36.